The minimum atomic E-state index is -1.25. The van der Waals surface area contributed by atoms with E-state index in [1.807, 2.05) is 0 Å². The third-order valence-electron chi connectivity index (χ3n) is 0. The summed E-state index contributed by atoms with van der Waals surface area (Å²) in [4.78, 5) is 0. The topological polar surface area (TPSA) is 0 Å². The summed E-state index contributed by atoms with van der Waals surface area (Å²) in [6.07, 6.45) is 0. The third kappa shape index (κ3) is 22.9. The zero-order valence-electron chi connectivity index (χ0n) is 3.09. The van der Waals surface area contributed by atoms with Gasteiger partial charge in [-0.25, -0.2) is 0 Å². The Morgan fingerprint density at radius 2 is 0.833 bits per heavy atom. The fourth-order valence-electron chi connectivity index (χ4n) is 0. The van der Waals surface area contributed by atoms with Crippen molar-refractivity contribution in [3.63, 3.8) is 0 Å². The SMILES string of the molecule is [I][Ga-]([I])([I])[I].[K+]. The first-order valence-corrected chi connectivity index (χ1v) is 30.4. The molecule has 0 aliphatic rings. The Kier molecular flexibility index (Phi) is 15.8. The van der Waals surface area contributed by atoms with Crippen molar-refractivity contribution in [1.29, 1.82) is 0 Å². The van der Waals surface area contributed by atoms with E-state index in [-0.39, 0.29) is 51.4 Å². The van der Waals surface area contributed by atoms with Crippen LogP contribution >= 0.6 is 78.7 Å². The molecule has 0 N–H and O–H groups in total. The van der Waals surface area contributed by atoms with Crippen LogP contribution in [0.4, 0.5) is 0 Å². The van der Waals surface area contributed by atoms with E-state index in [0.717, 1.165) is 0 Å². The second-order valence-electron chi connectivity index (χ2n) is 0.495. The standard InChI is InChI=1S/Ga.4HI.K/h;4*1H;/q+3;;;;;+1/p-4. The van der Waals surface area contributed by atoms with Crippen LogP contribution in [0.5, 0.6) is 0 Å². The summed E-state index contributed by atoms with van der Waals surface area (Å²) in [6.45, 7) is 0. The number of hydrogen-bond acceptors (Lipinski definition) is 0. The zero-order chi connectivity index (χ0) is 4.50. The first-order valence-electron chi connectivity index (χ1n) is 0.873. The summed E-state index contributed by atoms with van der Waals surface area (Å²) in [7, 11) is 0. The van der Waals surface area contributed by atoms with Gasteiger partial charge in [0.2, 0.25) is 0 Å². The fourth-order valence-corrected chi connectivity index (χ4v) is 0. The first-order chi connectivity index (χ1) is 2.00. The van der Waals surface area contributed by atoms with Crippen LogP contribution in [-0.2, 0) is 0 Å². The molecule has 0 saturated carbocycles. The predicted octanol–water partition coefficient (Wildman–Crippen LogP) is 0.166. The van der Waals surface area contributed by atoms with Gasteiger partial charge in [0.1, 0.15) is 0 Å². The molecule has 0 atom stereocenters. The van der Waals surface area contributed by atoms with E-state index in [1.165, 1.54) is 0 Å². The average molecular weight is 616 g/mol. The van der Waals surface area contributed by atoms with E-state index in [1.54, 1.807) is 0 Å². The first kappa shape index (κ1) is 13.8. The van der Waals surface area contributed by atoms with Crippen molar-refractivity contribution in [2.75, 3.05) is 0 Å². The van der Waals surface area contributed by atoms with Gasteiger partial charge in [-0.2, -0.15) is 0 Å². The second-order valence-corrected chi connectivity index (χ2v) is 116. The van der Waals surface area contributed by atoms with Gasteiger partial charge in [0.25, 0.3) is 0 Å². The zero-order valence-corrected chi connectivity index (χ0v) is 17.3. The van der Waals surface area contributed by atoms with Gasteiger partial charge >= 0.3 is 131 Å². The summed E-state index contributed by atoms with van der Waals surface area (Å²) in [5, 5.41) is 0. The Bertz CT molecular complexity index is 23.0. The molecule has 0 radical (unpaired) electrons. The molecule has 0 aliphatic heterocycles. The van der Waals surface area contributed by atoms with E-state index in [4.69, 9.17) is 0 Å². The molecule has 0 aromatic carbocycles. The molecule has 0 spiro atoms. The van der Waals surface area contributed by atoms with Crippen molar-refractivity contribution >= 4 is 79.5 Å². The molecule has 32 valence electrons. The Balaban J connectivity index is 0. The summed E-state index contributed by atoms with van der Waals surface area (Å²) < 4.78 is -1.25. The Labute approximate surface area is 126 Å². The van der Waals surface area contributed by atoms with Crippen LogP contribution in [0.15, 0.2) is 0 Å². The Hall–Kier alpha value is 5.19. The smallest absolute Gasteiger partial charge is 1.00 e. The van der Waals surface area contributed by atoms with Crippen molar-refractivity contribution < 1.29 is 51.4 Å². The van der Waals surface area contributed by atoms with Crippen molar-refractivity contribution in [2.24, 2.45) is 0 Å². The molecule has 0 heterocycles. The van der Waals surface area contributed by atoms with Crippen molar-refractivity contribution in [3.05, 3.63) is 0 Å². The maximum Gasteiger partial charge on any atom is 1.00 e. The minimum absolute atomic E-state index is 0. The van der Waals surface area contributed by atoms with E-state index in [0.29, 0.717) is 0 Å². The van der Waals surface area contributed by atoms with Gasteiger partial charge in [0.05, 0.1) is 0 Å². The Morgan fingerprint density at radius 3 is 0.833 bits per heavy atom. The Morgan fingerprint density at radius 1 is 0.833 bits per heavy atom. The summed E-state index contributed by atoms with van der Waals surface area (Å²) >= 11 is 10.2. The second kappa shape index (κ2) is 6.88. The minimum Gasteiger partial charge on any atom is 1.00 e. The van der Waals surface area contributed by atoms with Gasteiger partial charge in [-0.1, -0.05) is 0 Å². The van der Waals surface area contributed by atoms with E-state index < -0.39 is 0.838 Å². The molecule has 6 heavy (non-hydrogen) atoms. The summed E-state index contributed by atoms with van der Waals surface area (Å²) in [5.41, 5.74) is 0. The van der Waals surface area contributed by atoms with Crippen molar-refractivity contribution in [3.8, 4) is 0 Å². The molecule has 0 aliphatic carbocycles. The van der Waals surface area contributed by atoms with Gasteiger partial charge in [-0.3, -0.25) is 0 Å². The largest absolute Gasteiger partial charge is 1.00 e. The normalized spacial score (nSPS) is 10.0. The third-order valence-corrected chi connectivity index (χ3v) is 0. The molecule has 0 fully saturated rings. The van der Waals surface area contributed by atoms with E-state index >= 15 is 0 Å². The number of halogens is 4. The van der Waals surface area contributed by atoms with Crippen molar-refractivity contribution in [2.45, 2.75) is 0 Å². The van der Waals surface area contributed by atoms with Gasteiger partial charge in [-0.05, 0) is 0 Å². The molecule has 0 saturated heterocycles. The fraction of sp³-hybridized carbons (Fsp3) is 0. The molecule has 0 amide bonds. The molecule has 0 rings (SSSR count). The molecular weight excluding hydrogens is 616 g/mol. The van der Waals surface area contributed by atoms with Crippen molar-refractivity contribution in [1.82, 2.24) is 0 Å². The van der Waals surface area contributed by atoms with Crippen LogP contribution < -0.4 is 51.4 Å². The van der Waals surface area contributed by atoms with Crippen LogP contribution in [0.2, 0.25) is 0 Å². The summed E-state index contributed by atoms with van der Waals surface area (Å²) in [6, 6.07) is 0. The number of rotatable bonds is 0. The predicted molar refractivity (Wildman–Crippen MR) is 61.8 cm³/mol. The maximum atomic E-state index is 2.54. The molecular formula is GaI4K. The van der Waals surface area contributed by atoms with Crippen LogP contribution in [0, 0.1) is 0 Å². The monoisotopic (exact) mass is 616 g/mol. The van der Waals surface area contributed by atoms with E-state index in [2.05, 4.69) is 78.7 Å². The maximum absolute atomic E-state index is 2.54. The number of hydrogen-bond donors (Lipinski definition) is 0. The van der Waals surface area contributed by atoms with Gasteiger partial charge in [0.15, 0.2) is 0 Å². The van der Waals surface area contributed by atoms with Gasteiger partial charge < -0.3 is 0 Å². The quantitative estimate of drug-likeness (QED) is 0.269. The average Bonchev–Trinajstić information content (AvgIpc) is 0.722. The summed E-state index contributed by atoms with van der Waals surface area (Å²) in [5.74, 6) is 0. The van der Waals surface area contributed by atoms with E-state index in [9.17, 15) is 0 Å². The molecule has 0 bridgehead atoms. The van der Waals surface area contributed by atoms with Gasteiger partial charge in [0, 0.05) is 0 Å². The molecule has 6 heteroatoms. The van der Waals surface area contributed by atoms with Crippen LogP contribution in [0.25, 0.3) is 0 Å². The van der Waals surface area contributed by atoms with Crippen LogP contribution in [-0.4, -0.2) is 0.838 Å². The molecule has 0 aromatic rings. The molecule has 0 aromatic heterocycles. The molecule has 0 unspecified atom stereocenters. The molecule has 0 nitrogen and oxygen atoms in total. The van der Waals surface area contributed by atoms with Gasteiger partial charge in [-0.15, -0.1) is 0 Å². The van der Waals surface area contributed by atoms with Crippen LogP contribution in [0.1, 0.15) is 0 Å². The van der Waals surface area contributed by atoms with Crippen LogP contribution in [0.3, 0.4) is 0 Å².